The van der Waals surface area contributed by atoms with Gasteiger partial charge in [0.05, 0.1) is 15.7 Å². The van der Waals surface area contributed by atoms with E-state index in [0.717, 1.165) is 0 Å². The highest BCUT2D eigenvalue weighted by Crippen LogP contribution is 2.30. The van der Waals surface area contributed by atoms with Crippen molar-refractivity contribution in [3.63, 3.8) is 0 Å². The van der Waals surface area contributed by atoms with E-state index in [1.54, 1.807) is 18.2 Å². The number of benzene rings is 2. The van der Waals surface area contributed by atoms with E-state index in [2.05, 4.69) is 5.32 Å². The van der Waals surface area contributed by atoms with E-state index >= 15 is 0 Å². The zero-order valence-corrected chi connectivity index (χ0v) is 16.4. The molecule has 0 aromatic heterocycles. The minimum absolute atomic E-state index is 0.232. The Kier molecular flexibility index (Phi) is 6.68. The molecule has 0 fully saturated rings. The van der Waals surface area contributed by atoms with Crippen LogP contribution in [-0.4, -0.2) is 23.6 Å². The van der Waals surface area contributed by atoms with Gasteiger partial charge >= 0.3 is 5.97 Å². The van der Waals surface area contributed by atoms with Gasteiger partial charge in [0.2, 0.25) is 0 Å². The zero-order valence-electron chi connectivity index (χ0n) is 14.9. The second-order valence-electron chi connectivity index (χ2n) is 6.20. The molecule has 8 heteroatoms. The Balaban J connectivity index is 2.00. The van der Waals surface area contributed by atoms with Crippen LogP contribution in [-0.2, 0) is 14.3 Å². The average molecular weight is 414 g/mol. The Labute approximate surface area is 166 Å². The SMILES string of the molecule is C[C@H](OC(=O)C(C)(C)Oc1ccc(F)cc1)C(=O)Nc1c(Cl)cccc1Cl. The fraction of sp³-hybridized carbons (Fsp3) is 0.263. The lowest BCUT2D eigenvalue weighted by Gasteiger charge is -2.26. The third kappa shape index (κ3) is 5.58. The third-order valence-corrected chi connectivity index (χ3v) is 4.17. The van der Waals surface area contributed by atoms with Crippen molar-refractivity contribution in [1.29, 1.82) is 0 Å². The van der Waals surface area contributed by atoms with Crippen LogP contribution in [0.3, 0.4) is 0 Å². The van der Waals surface area contributed by atoms with Crippen LogP contribution >= 0.6 is 23.2 Å². The molecule has 144 valence electrons. The molecule has 0 saturated heterocycles. The number of hydrogen-bond donors (Lipinski definition) is 1. The largest absolute Gasteiger partial charge is 0.476 e. The Bertz CT molecular complexity index is 820. The average Bonchev–Trinajstić information content (AvgIpc) is 2.59. The number of hydrogen-bond acceptors (Lipinski definition) is 4. The van der Waals surface area contributed by atoms with Gasteiger partial charge < -0.3 is 14.8 Å². The van der Waals surface area contributed by atoms with Gasteiger partial charge in [0.1, 0.15) is 11.6 Å². The standard InChI is InChI=1S/C19H18Cl2FNO4/c1-11(17(24)23-16-14(20)5-4-6-15(16)21)26-18(25)19(2,3)27-13-9-7-12(22)8-10-13/h4-11H,1-3H3,(H,23,24)/t11-/m0/s1. The Morgan fingerprint density at radius 3 is 2.19 bits per heavy atom. The van der Waals surface area contributed by atoms with Crippen molar-refractivity contribution in [3.8, 4) is 5.75 Å². The summed E-state index contributed by atoms with van der Waals surface area (Å²) in [4.78, 5) is 24.7. The molecule has 2 aromatic rings. The van der Waals surface area contributed by atoms with E-state index in [1.165, 1.54) is 45.0 Å². The zero-order chi connectivity index (χ0) is 20.2. The fourth-order valence-electron chi connectivity index (χ4n) is 2.04. The molecule has 2 rings (SSSR count). The predicted octanol–water partition coefficient (Wildman–Crippen LogP) is 4.86. The van der Waals surface area contributed by atoms with E-state index in [0.29, 0.717) is 5.75 Å². The molecule has 0 saturated carbocycles. The first-order valence-corrected chi connectivity index (χ1v) is 8.76. The quantitative estimate of drug-likeness (QED) is 0.686. The van der Waals surface area contributed by atoms with Gasteiger partial charge in [-0.1, -0.05) is 29.3 Å². The molecule has 0 spiro atoms. The highest BCUT2D eigenvalue weighted by Gasteiger charge is 2.34. The molecule has 0 aliphatic rings. The smallest absolute Gasteiger partial charge is 0.350 e. The van der Waals surface area contributed by atoms with Crippen LogP contribution in [0.4, 0.5) is 10.1 Å². The Morgan fingerprint density at radius 2 is 1.63 bits per heavy atom. The number of nitrogens with one attached hydrogen (secondary N) is 1. The molecule has 2 aromatic carbocycles. The summed E-state index contributed by atoms with van der Waals surface area (Å²) in [6.07, 6.45) is -1.12. The number of para-hydroxylation sites is 1. The molecule has 0 aliphatic heterocycles. The first-order valence-electron chi connectivity index (χ1n) is 8.00. The summed E-state index contributed by atoms with van der Waals surface area (Å²) >= 11 is 12.0. The van der Waals surface area contributed by atoms with Gasteiger partial charge in [0, 0.05) is 0 Å². The number of ether oxygens (including phenoxy) is 2. The first-order chi connectivity index (χ1) is 12.6. The Morgan fingerprint density at radius 1 is 1.07 bits per heavy atom. The lowest BCUT2D eigenvalue weighted by Crippen LogP contribution is -2.43. The maximum absolute atomic E-state index is 13.0. The van der Waals surface area contributed by atoms with Gasteiger partial charge in [-0.2, -0.15) is 0 Å². The maximum atomic E-state index is 13.0. The number of rotatable bonds is 6. The van der Waals surface area contributed by atoms with Crippen molar-refractivity contribution in [3.05, 3.63) is 58.3 Å². The van der Waals surface area contributed by atoms with Gasteiger partial charge in [-0.25, -0.2) is 9.18 Å². The van der Waals surface area contributed by atoms with Crippen LogP contribution in [0.2, 0.25) is 10.0 Å². The van der Waals surface area contributed by atoms with Crippen LogP contribution in [0.15, 0.2) is 42.5 Å². The number of carbonyl (C=O) groups is 2. The molecule has 5 nitrogen and oxygen atoms in total. The molecular formula is C19H18Cl2FNO4. The second-order valence-corrected chi connectivity index (χ2v) is 7.01. The van der Waals surface area contributed by atoms with Gasteiger partial charge in [-0.05, 0) is 57.2 Å². The molecule has 1 amide bonds. The monoisotopic (exact) mass is 413 g/mol. The van der Waals surface area contributed by atoms with Gasteiger partial charge in [0.25, 0.3) is 5.91 Å². The molecule has 1 atom stereocenters. The normalized spacial score (nSPS) is 12.2. The first kappa shape index (κ1) is 21.0. The van der Waals surface area contributed by atoms with Gasteiger partial charge in [-0.3, -0.25) is 4.79 Å². The van der Waals surface area contributed by atoms with E-state index in [9.17, 15) is 14.0 Å². The minimum Gasteiger partial charge on any atom is -0.476 e. The van der Waals surface area contributed by atoms with Crippen LogP contribution in [0.1, 0.15) is 20.8 Å². The summed E-state index contributed by atoms with van der Waals surface area (Å²) in [7, 11) is 0. The maximum Gasteiger partial charge on any atom is 0.350 e. The van der Waals surface area contributed by atoms with Gasteiger partial charge in [-0.15, -0.1) is 0 Å². The summed E-state index contributed by atoms with van der Waals surface area (Å²) in [5.41, 5.74) is -1.16. The van der Waals surface area contributed by atoms with Crippen molar-refractivity contribution in [1.82, 2.24) is 0 Å². The minimum atomic E-state index is -1.39. The lowest BCUT2D eigenvalue weighted by atomic mass is 10.1. The molecule has 0 aliphatic carbocycles. The van der Waals surface area contributed by atoms with Crippen molar-refractivity contribution in [2.45, 2.75) is 32.5 Å². The van der Waals surface area contributed by atoms with Crippen molar-refractivity contribution >= 4 is 40.8 Å². The van der Waals surface area contributed by atoms with E-state index in [1.807, 2.05) is 0 Å². The third-order valence-electron chi connectivity index (χ3n) is 3.54. The highest BCUT2D eigenvalue weighted by molar-refractivity contribution is 6.39. The summed E-state index contributed by atoms with van der Waals surface area (Å²) in [5.74, 6) is -1.50. The second kappa shape index (κ2) is 8.59. The van der Waals surface area contributed by atoms with Crippen LogP contribution < -0.4 is 10.1 Å². The number of carbonyl (C=O) groups excluding carboxylic acids is 2. The van der Waals surface area contributed by atoms with Gasteiger partial charge in [0.15, 0.2) is 11.7 Å². The lowest BCUT2D eigenvalue weighted by molar-refractivity contribution is -0.166. The van der Waals surface area contributed by atoms with Crippen molar-refractivity contribution < 1.29 is 23.5 Å². The predicted molar refractivity (Wildman–Crippen MR) is 102 cm³/mol. The highest BCUT2D eigenvalue weighted by atomic mass is 35.5. The Hall–Kier alpha value is -2.31. The number of anilines is 1. The fourth-order valence-corrected chi connectivity index (χ4v) is 2.53. The number of amides is 1. The summed E-state index contributed by atoms with van der Waals surface area (Å²) in [6.45, 7) is 4.37. The molecule has 1 N–H and O–H groups in total. The molecule has 27 heavy (non-hydrogen) atoms. The summed E-state index contributed by atoms with van der Waals surface area (Å²) < 4.78 is 23.7. The molecule has 0 bridgehead atoms. The molecule has 0 unspecified atom stereocenters. The van der Waals surface area contributed by atoms with Crippen LogP contribution in [0.25, 0.3) is 0 Å². The van der Waals surface area contributed by atoms with E-state index in [4.69, 9.17) is 32.7 Å². The number of halogens is 3. The van der Waals surface area contributed by atoms with Crippen molar-refractivity contribution in [2.24, 2.45) is 0 Å². The topological polar surface area (TPSA) is 64.6 Å². The van der Waals surface area contributed by atoms with E-state index < -0.39 is 29.4 Å². The number of esters is 1. The summed E-state index contributed by atoms with van der Waals surface area (Å²) in [5, 5.41) is 3.05. The van der Waals surface area contributed by atoms with Crippen molar-refractivity contribution in [2.75, 3.05) is 5.32 Å². The van der Waals surface area contributed by atoms with E-state index in [-0.39, 0.29) is 15.7 Å². The molecule has 0 radical (unpaired) electrons. The van der Waals surface area contributed by atoms with Crippen LogP contribution in [0.5, 0.6) is 5.75 Å². The van der Waals surface area contributed by atoms with Crippen LogP contribution in [0, 0.1) is 5.82 Å². The molecule has 0 heterocycles. The summed E-state index contributed by atoms with van der Waals surface area (Å²) in [6, 6.07) is 9.97. The molecular weight excluding hydrogens is 396 g/mol.